The molecule has 4 aliphatic rings. The first-order valence-corrected chi connectivity index (χ1v) is 24.7. The Labute approximate surface area is 419 Å². The molecule has 4 aliphatic heterocycles. The van der Waals surface area contributed by atoms with Crippen molar-refractivity contribution in [3.8, 4) is 11.1 Å². The molecular formula is C52H60F4N10O7. The zero-order valence-corrected chi connectivity index (χ0v) is 41.0. The summed E-state index contributed by atoms with van der Waals surface area (Å²) in [6.07, 6.45) is -1.63. The average molecular weight is 1010 g/mol. The van der Waals surface area contributed by atoms with E-state index < -0.39 is 64.3 Å². The molecule has 0 bridgehead atoms. The Morgan fingerprint density at radius 1 is 0.808 bits per heavy atom. The third-order valence-corrected chi connectivity index (χ3v) is 14.2. The Morgan fingerprint density at radius 2 is 1.55 bits per heavy atom. The summed E-state index contributed by atoms with van der Waals surface area (Å²) in [5.74, 6) is -3.87. The van der Waals surface area contributed by atoms with Crippen molar-refractivity contribution in [2.24, 2.45) is 0 Å². The minimum atomic E-state index is -4.97. The van der Waals surface area contributed by atoms with Gasteiger partial charge in [0.05, 0.1) is 33.6 Å². The number of rotatable bonds is 17. The normalized spacial score (nSPS) is 20.0. The van der Waals surface area contributed by atoms with Gasteiger partial charge in [-0.25, -0.2) is 4.39 Å². The molecule has 17 nitrogen and oxygen atoms in total. The van der Waals surface area contributed by atoms with Crippen molar-refractivity contribution >= 4 is 52.5 Å². The summed E-state index contributed by atoms with van der Waals surface area (Å²) < 4.78 is 57.7. The molecule has 3 aromatic carbocycles. The number of piperazine rings is 2. The number of fused-ring (bicyclic) bond motifs is 1. The van der Waals surface area contributed by atoms with Crippen LogP contribution in [0.4, 0.5) is 34.6 Å². The minimum Gasteiger partial charge on any atom is -0.384 e. The lowest BCUT2D eigenvalue weighted by molar-refractivity contribution is -0.138. The van der Waals surface area contributed by atoms with Crippen molar-refractivity contribution in [2.45, 2.75) is 83.2 Å². The number of likely N-dealkylation sites (N-methyl/N-ethyl adjacent to an activating group) is 1. The summed E-state index contributed by atoms with van der Waals surface area (Å²) in [5, 5.41) is 11.1. The first-order valence-electron chi connectivity index (χ1n) is 24.7. The lowest BCUT2D eigenvalue weighted by atomic mass is 9.99. The molecule has 0 spiro atoms. The van der Waals surface area contributed by atoms with Crippen LogP contribution < -0.4 is 31.7 Å². The highest BCUT2D eigenvalue weighted by Gasteiger charge is 2.46. The molecule has 3 atom stereocenters. The van der Waals surface area contributed by atoms with E-state index in [1.807, 2.05) is 7.05 Å². The van der Waals surface area contributed by atoms with E-state index in [4.69, 9.17) is 0 Å². The van der Waals surface area contributed by atoms with Crippen LogP contribution in [-0.2, 0) is 27.1 Å². The molecule has 5 N–H and O–H groups in total. The zero-order chi connectivity index (χ0) is 52.1. The predicted molar refractivity (Wildman–Crippen MR) is 266 cm³/mol. The third-order valence-electron chi connectivity index (χ3n) is 14.2. The van der Waals surface area contributed by atoms with Crippen LogP contribution in [0, 0.1) is 5.82 Å². The van der Waals surface area contributed by atoms with E-state index in [2.05, 4.69) is 59.7 Å². The number of carbonyl (C=O) groups is 6. The van der Waals surface area contributed by atoms with Crippen LogP contribution in [0.2, 0.25) is 0 Å². The number of imide groups is 2. The molecule has 0 aliphatic carbocycles. The number of piperidine rings is 1. The van der Waals surface area contributed by atoms with Crippen LogP contribution in [0.1, 0.15) is 94.6 Å². The average Bonchev–Trinajstić information content (AvgIpc) is 3.60. The van der Waals surface area contributed by atoms with E-state index in [-0.39, 0.29) is 53.2 Å². The number of hydrogen-bond acceptors (Lipinski definition) is 12. The lowest BCUT2D eigenvalue weighted by Gasteiger charge is -2.44. The maximum absolute atomic E-state index is 15.7. The number of benzene rings is 3. The van der Waals surface area contributed by atoms with Crippen molar-refractivity contribution in [1.82, 2.24) is 35.2 Å². The number of anilines is 3. The Balaban J connectivity index is 0.793. The topological polar surface area (TPSA) is 200 Å². The molecule has 73 heavy (non-hydrogen) atoms. The molecule has 3 fully saturated rings. The van der Waals surface area contributed by atoms with E-state index in [0.29, 0.717) is 81.5 Å². The number of H-pyrrole nitrogens is 1. The second-order valence-electron chi connectivity index (χ2n) is 19.3. The fraction of sp³-hybridized carbons (Fsp3) is 0.442. The number of halogens is 4. The molecule has 21 heteroatoms. The van der Waals surface area contributed by atoms with Gasteiger partial charge in [-0.1, -0.05) is 24.6 Å². The van der Waals surface area contributed by atoms with Gasteiger partial charge < -0.3 is 25.8 Å². The molecule has 0 radical (unpaired) electrons. The van der Waals surface area contributed by atoms with Gasteiger partial charge in [0.15, 0.2) is 0 Å². The van der Waals surface area contributed by atoms with Crippen LogP contribution in [0.15, 0.2) is 71.7 Å². The molecule has 1 aromatic heterocycles. The van der Waals surface area contributed by atoms with Gasteiger partial charge >= 0.3 is 6.18 Å². The van der Waals surface area contributed by atoms with Crippen LogP contribution in [0.5, 0.6) is 0 Å². The number of carbonyl (C=O) groups excluding carboxylic acids is 6. The van der Waals surface area contributed by atoms with E-state index in [1.54, 1.807) is 48.5 Å². The van der Waals surface area contributed by atoms with Gasteiger partial charge in [-0.15, -0.1) is 0 Å². The lowest BCUT2D eigenvalue weighted by Crippen LogP contribution is -2.55. The van der Waals surface area contributed by atoms with Crippen molar-refractivity contribution in [2.75, 3.05) is 81.5 Å². The maximum Gasteiger partial charge on any atom is 0.417 e. The largest absolute Gasteiger partial charge is 0.417 e. The Kier molecular flexibility index (Phi) is 16.1. The van der Waals surface area contributed by atoms with Gasteiger partial charge in [0.1, 0.15) is 11.9 Å². The number of aromatic amines is 1. The number of amides is 6. The highest BCUT2D eigenvalue weighted by molar-refractivity contribution is 6.25. The smallest absolute Gasteiger partial charge is 0.384 e. The monoisotopic (exact) mass is 1010 g/mol. The van der Waals surface area contributed by atoms with Crippen molar-refractivity contribution in [1.29, 1.82) is 0 Å². The molecule has 4 aromatic rings. The van der Waals surface area contributed by atoms with Crippen LogP contribution in [-0.4, -0.2) is 144 Å². The zero-order valence-electron chi connectivity index (χ0n) is 41.0. The van der Waals surface area contributed by atoms with Gasteiger partial charge in [-0.3, -0.25) is 58.5 Å². The number of alkyl halides is 3. The number of unbranched alkanes of at least 4 members (excludes halogenated alkanes) is 2. The number of aromatic nitrogens is 1. The van der Waals surface area contributed by atoms with Gasteiger partial charge in [0, 0.05) is 114 Å². The molecular weight excluding hydrogens is 953 g/mol. The molecule has 0 saturated carbocycles. The highest BCUT2D eigenvalue weighted by atomic mass is 19.4. The van der Waals surface area contributed by atoms with Crippen molar-refractivity contribution in [3.63, 3.8) is 0 Å². The van der Waals surface area contributed by atoms with E-state index in [9.17, 15) is 46.7 Å². The Morgan fingerprint density at radius 3 is 2.27 bits per heavy atom. The van der Waals surface area contributed by atoms with Crippen molar-refractivity contribution < 1.29 is 46.3 Å². The summed E-state index contributed by atoms with van der Waals surface area (Å²) in [6, 6.07) is 14.4. The van der Waals surface area contributed by atoms with E-state index in [0.717, 1.165) is 49.3 Å². The van der Waals surface area contributed by atoms with Crippen LogP contribution in [0.25, 0.3) is 11.1 Å². The molecule has 1 unspecified atom stereocenters. The SMILES string of the molecule is C[C@@H]1CN(c2ccc(-c3cc(CN4CCN(CCNC(=O)CCCCCNc5cccc6c5C(=O)N(C5CCC(=O)NC5=O)C6=O)CC4)ccc3F)cc2NC(=O)c2c[nH]c(=O)cc2C(F)(F)F)C[C@H](C)N1C. The molecule has 388 valence electrons. The Hall–Kier alpha value is -6.97. The summed E-state index contributed by atoms with van der Waals surface area (Å²) in [6.45, 7) is 10.4. The van der Waals surface area contributed by atoms with E-state index >= 15 is 4.39 Å². The van der Waals surface area contributed by atoms with Crippen LogP contribution >= 0.6 is 0 Å². The minimum absolute atomic E-state index is 0.0400. The van der Waals surface area contributed by atoms with Crippen LogP contribution in [0.3, 0.4) is 0 Å². The first-order chi connectivity index (χ1) is 34.9. The molecule has 6 amide bonds. The standard InChI is InChI=1S/C52H60F4N10O7/c1-31-28-65(29-32(2)62(31)3)42-14-12-34(25-41(42)60-48(70)37-27-59-46(69)26-38(37)52(54,55)56)36-24-33(11-13-39(36)53)30-64-22-20-63(21-23-64)19-18-58-44(67)10-5-4-6-17-57-40-9-7-8-35-47(40)51(73)66(50(35)72)43-15-16-45(68)61-49(43)71/h7-9,11-14,24-27,31-32,43,57H,4-6,10,15-23,28-30H2,1-3H3,(H,58,67)(H,59,69)(H,60,70)(H,61,68,71)/t31-,32+,43?. The fourth-order valence-electron chi connectivity index (χ4n) is 10.00. The fourth-order valence-corrected chi connectivity index (χ4v) is 10.00. The quantitative estimate of drug-likeness (QED) is 0.0522. The van der Waals surface area contributed by atoms with Crippen molar-refractivity contribution in [3.05, 3.63) is 111 Å². The van der Waals surface area contributed by atoms with Gasteiger partial charge in [-0.05, 0) is 87.7 Å². The third kappa shape index (κ3) is 12.1. The number of nitrogens with one attached hydrogen (secondary N) is 5. The molecule has 8 rings (SSSR count). The summed E-state index contributed by atoms with van der Waals surface area (Å²) in [7, 11) is 2.01. The van der Waals surface area contributed by atoms with E-state index in [1.165, 1.54) is 6.07 Å². The highest BCUT2D eigenvalue weighted by Crippen LogP contribution is 2.37. The maximum atomic E-state index is 15.7. The van der Waals surface area contributed by atoms with Gasteiger partial charge in [0.25, 0.3) is 17.7 Å². The molecule has 3 saturated heterocycles. The summed E-state index contributed by atoms with van der Waals surface area (Å²) in [5.41, 5.74) is 0.0670. The number of pyridine rings is 1. The second-order valence-corrected chi connectivity index (χ2v) is 19.3. The summed E-state index contributed by atoms with van der Waals surface area (Å²) in [4.78, 5) is 101. The van der Waals surface area contributed by atoms with Gasteiger partial charge in [-0.2, -0.15) is 13.2 Å². The van der Waals surface area contributed by atoms with Gasteiger partial charge in [0.2, 0.25) is 23.3 Å². The Bertz CT molecular complexity index is 2820. The number of hydrogen-bond donors (Lipinski definition) is 5. The first kappa shape index (κ1) is 52.4. The predicted octanol–water partition coefficient (Wildman–Crippen LogP) is 5.29. The summed E-state index contributed by atoms with van der Waals surface area (Å²) >= 11 is 0. The molecule has 5 heterocycles. The number of nitrogens with zero attached hydrogens (tertiary/aromatic N) is 5. The second kappa shape index (κ2) is 22.4.